The molecule has 1 unspecified atom stereocenters. The Balaban J connectivity index is 1.69. The van der Waals surface area contributed by atoms with E-state index in [0.29, 0.717) is 24.7 Å². The van der Waals surface area contributed by atoms with Crippen LogP contribution in [0.2, 0.25) is 5.02 Å². The maximum absolute atomic E-state index is 12.6. The predicted molar refractivity (Wildman–Crippen MR) is 103 cm³/mol. The maximum Gasteiger partial charge on any atom is 0.246 e. The van der Waals surface area contributed by atoms with Crippen molar-refractivity contribution < 1.29 is 14.3 Å². The SMILES string of the molecule is COc1ccc(C)cc1C=CC(=O)N1CCOC(c2ccc(Cl)cc2)C1. The van der Waals surface area contributed by atoms with E-state index >= 15 is 0 Å². The standard InChI is InChI=1S/C21H22ClNO3/c1-15-3-9-19(25-2)17(13-15)6-10-21(24)23-11-12-26-20(14-23)16-4-7-18(22)8-5-16/h3-10,13,20H,11-12,14H2,1-2H3. The number of benzene rings is 2. The zero-order valence-electron chi connectivity index (χ0n) is 14.9. The van der Waals surface area contributed by atoms with E-state index in [4.69, 9.17) is 21.1 Å². The van der Waals surface area contributed by atoms with E-state index in [2.05, 4.69) is 0 Å². The van der Waals surface area contributed by atoms with Crippen molar-refractivity contribution in [2.75, 3.05) is 26.8 Å². The molecule has 5 heteroatoms. The molecule has 2 aromatic carbocycles. The van der Waals surface area contributed by atoms with E-state index in [-0.39, 0.29) is 12.0 Å². The molecule has 1 fully saturated rings. The third kappa shape index (κ3) is 4.45. The molecule has 1 amide bonds. The molecule has 136 valence electrons. The second kappa shape index (κ2) is 8.39. The summed E-state index contributed by atoms with van der Waals surface area (Å²) in [6, 6.07) is 13.4. The van der Waals surface area contributed by atoms with Crippen LogP contribution in [0.3, 0.4) is 0 Å². The van der Waals surface area contributed by atoms with Gasteiger partial charge in [0.25, 0.3) is 0 Å². The highest BCUT2D eigenvalue weighted by molar-refractivity contribution is 6.30. The molecule has 1 aliphatic heterocycles. The van der Waals surface area contributed by atoms with Gasteiger partial charge in [-0.15, -0.1) is 0 Å². The van der Waals surface area contributed by atoms with Crippen molar-refractivity contribution in [2.24, 2.45) is 0 Å². The topological polar surface area (TPSA) is 38.8 Å². The summed E-state index contributed by atoms with van der Waals surface area (Å²) in [5.41, 5.74) is 3.03. The number of hydrogen-bond acceptors (Lipinski definition) is 3. The molecule has 0 saturated carbocycles. The van der Waals surface area contributed by atoms with Crippen molar-refractivity contribution in [3.8, 4) is 5.75 Å². The number of ether oxygens (including phenoxy) is 2. The van der Waals surface area contributed by atoms with E-state index < -0.39 is 0 Å². The van der Waals surface area contributed by atoms with Crippen molar-refractivity contribution in [3.63, 3.8) is 0 Å². The van der Waals surface area contributed by atoms with E-state index in [9.17, 15) is 4.79 Å². The Morgan fingerprint density at radius 3 is 2.77 bits per heavy atom. The van der Waals surface area contributed by atoms with E-state index in [0.717, 1.165) is 22.4 Å². The zero-order chi connectivity index (χ0) is 18.5. The highest BCUT2D eigenvalue weighted by Gasteiger charge is 2.24. The molecule has 0 aromatic heterocycles. The lowest BCUT2D eigenvalue weighted by atomic mass is 10.1. The van der Waals surface area contributed by atoms with Crippen molar-refractivity contribution in [3.05, 3.63) is 70.3 Å². The van der Waals surface area contributed by atoms with Crippen molar-refractivity contribution in [1.82, 2.24) is 4.90 Å². The first-order chi connectivity index (χ1) is 12.6. The van der Waals surface area contributed by atoms with Crippen LogP contribution in [0.4, 0.5) is 0 Å². The Hall–Kier alpha value is -2.30. The van der Waals surface area contributed by atoms with Gasteiger partial charge in [-0.1, -0.05) is 35.4 Å². The van der Waals surface area contributed by atoms with Crippen molar-refractivity contribution in [2.45, 2.75) is 13.0 Å². The van der Waals surface area contributed by atoms with Gasteiger partial charge in [-0.3, -0.25) is 4.79 Å². The smallest absolute Gasteiger partial charge is 0.246 e. The Labute approximate surface area is 159 Å². The minimum absolute atomic E-state index is 0.0316. The third-order valence-electron chi connectivity index (χ3n) is 4.41. The van der Waals surface area contributed by atoms with Crippen LogP contribution in [0, 0.1) is 6.92 Å². The molecular weight excluding hydrogens is 350 g/mol. The van der Waals surface area contributed by atoms with Crippen molar-refractivity contribution in [1.29, 1.82) is 0 Å². The van der Waals surface area contributed by atoms with Crippen LogP contribution in [0.1, 0.15) is 22.8 Å². The molecule has 0 bridgehead atoms. The number of nitrogens with zero attached hydrogens (tertiary/aromatic N) is 1. The molecule has 0 radical (unpaired) electrons. The highest BCUT2D eigenvalue weighted by Crippen LogP contribution is 2.25. The fraction of sp³-hybridized carbons (Fsp3) is 0.286. The Kier molecular flexibility index (Phi) is 5.96. The van der Waals surface area contributed by atoms with Crippen LogP contribution in [0.5, 0.6) is 5.75 Å². The third-order valence-corrected chi connectivity index (χ3v) is 4.66. The average molecular weight is 372 g/mol. The Bertz CT molecular complexity index is 801. The van der Waals surface area contributed by atoms with Crippen LogP contribution < -0.4 is 4.74 Å². The molecule has 0 aliphatic carbocycles. The number of methoxy groups -OCH3 is 1. The molecule has 1 aliphatic rings. The number of morpholine rings is 1. The lowest BCUT2D eigenvalue weighted by Crippen LogP contribution is -2.41. The minimum atomic E-state index is -0.133. The average Bonchev–Trinajstić information content (AvgIpc) is 2.67. The van der Waals surface area contributed by atoms with Gasteiger partial charge >= 0.3 is 0 Å². The van der Waals surface area contributed by atoms with Gasteiger partial charge in [-0.05, 0) is 42.8 Å². The lowest BCUT2D eigenvalue weighted by molar-refractivity contribution is -0.133. The second-order valence-corrected chi connectivity index (χ2v) is 6.71. The van der Waals surface area contributed by atoms with E-state index in [1.54, 1.807) is 19.3 Å². The largest absolute Gasteiger partial charge is 0.496 e. The van der Waals surface area contributed by atoms with Gasteiger partial charge in [-0.2, -0.15) is 0 Å². The first-order valence-corrected chi connectivity index (χ1v) is 8.93. The number of carbonyl (C=O) groups excluding carboxylic acids is 1. The van der Waals surface area contributed by atoms with Crippen LogP contribution in [0.25, 0.3) is 6.08 Å². The summed E-state index contributed by atoms with van der Waals surface area (Å²) < 4.78 is 11.2. The summed E-state index contributed by atoms with van der Waals surface area (Å²) >= 11 is 5.94. The van der Waals surface area contributed by atoms with Gasteiger partial charge in [0, 0.05) is 23.2 Å². The fourth-order valence-corrected chi connectivity index (χ4v) is 3.11. The maximum atomic E-state index is 12.6. The number of amides is 1. The van der Waals surface area contributed by atoms with Crippen LogP contribution in [-0.4, -0.2) is 37.6 Å². The molecule has 0 spiro atoms. The molecule has 1 atom stereocenters. The molecular formula is C21H22ClNO3. The van der Waals surface area contributed by atoms with Gasteiger partial charge in [0.15, 0.2) is 0 Å². The summed E-state index contributed by atoms with van der Waals surface area (Å²) in [7, 11) is 1.63. The Morgan fingerprint density at radius 1 is 1.27 bits per heavy atom. The normalized spacial score (nSPS) is 17.5. The van der Waals surface area contributed by atoms with Gasteiger partial charge in [0.1, 0.15) is 11.9 Å². The van der Waals surface area contributed by atoms with Crippen molar-refractivity contribution >= 4 is 23.6 Å². The number of aryl methyl sites for hydroxylation is 1. The molecule has 26 heavy (non-hydrogen) atoms. The highest BCUT2D eigenvalue weighted by atomic mass is 35.5. The van der Waals surface area contributed by atoms with Crippen LogP contribution >= 0.6 is 11.6 Å². The minimum Gasteiger partial charge on any atom is -0.496 e. The van der Waals surface area contributed by atoms with Crippen LogP contribution in [0.15, 0.2) is 48.5 Å². The van der Waals surface area contributed by atoms with Crippen LogP contribution in [-0.2, 0) is 9.53 Å². The van der Waals surface area contributed by atoms with Gasteiger partial charge < -0.3 is 14.4 Å². The molecule has 3 rings (SSSR count). The quantitative estimate of drug-likeness (QED) is 0.753. The number of halogens is 1. The van der Waals surface area contributed by atoms with Gasteiger partial charge in [0.05, 0.1) is 20.3 Å². The van der Waals surface area contributed by atoms with Gasteiger partial charge in [-0.25, -0.2) is 0 Å². The first-order valence-electron chi connectivity index (χ1n) is 8.55. The summed E-state index contributed by atoms with van der Waals surface area (Å²) in [5, 5.41) is 0.688. The van der Waals surface area contributed by atoms with E-state index in [1.807, 2.05) is 54.3 Å². The molecule has 1 heterocycles. The van der Waals surface area contributed by atoms with Gasteiger partial charge in [0.2, 0.25) is 5.91 Å². The summed E-state index contributed by atoms with van der Waals surface area (Å²) in [4.78, 5) is 14.4. The zero-order valence-corrected chi connectivity index (χ0v) is 15.7. The number of rotatable bonds is 4. The number of carbonyl (C=O) groups is 1. The Morgan fingerprint density at radius 2 is 2.04 bits per heavy atom. The molecule has 0 N–H and O–H groups in total. The molecule has 2 aromatic rings. The van der Waals surface area contributed by atoms with E-state index in [1.165, 1.54) is 0 Å². The summed E-state index contributed by atoms with van der Waals surface area (Å²) in [6.45, 7) is 3.63. The number of hydrogen-bond donors (Lipinski definition) is 0. The predicted octanol–water partition coefficient (Wildman–Crippen LogP) is 4.27. The second-order valence-electron chi connectivity index (χ2n) is 6.27. The first kappa shape index (κ1) is 18.5. The summed E-state index contributed by atoms with van der Waals surface area (Å²) in [5.74, 6) is 0.719. The summed E-state index contributed by atoms with van der Waals surface area (Å²) in [6.07, 6.45) is 3.27. The monoisotopic (exact) mass is 371 g/mol. The molecule has 4 nitrogen and oxygen atoms in total. The molecule has 1 saturated heterocycles. The lowest BCUT2D eigenvalue weighted by Gasteiger charge is -2.32. The fourth-order valence-electron chi connectivity index (χ4n) is 2.98.